The van der Waals surface area contributed by atoms with Gasteiger partial charge in [0, 0.05) is 52.4 Å². The van der Waals surface area contributed by atoms with Gasteiger partial charge in [0.1, 0.15) is 11.4 Å². The highest BCUT2D eigenvalue weighted by atomic mass is 16.3. The molecule has 0 radical (unpaired) electrons. The molecule has 0 bridgehead atoms. The van der Waals surface area contributed by atoms with Crippen LogP contribution in [0.2, 0.25) is 0 Å². The molecule has 2 aromatic heterocycles. The predicted octanol–water partition coefficient (Wildman–Crippen LogP) is -0.557. The van der Waals surface area contributed by atoms with Gasteiger partial charge in [-0.05, 0) is 32.1 Å². The maximum Gasteiger partial charge on any atom is 0.292 e. The van der Waals surface area contributed by atoms with Crippen molar-refractivity contribution in [2.75, 3.05) is 47.4 Å². The van der Waals surface area contributed by atoms with Gasteiger partial charge in [0.2, 0.25) is 0 Å². The summed E-state index contributed by atoms with van der Waals surface area (Å²) in [6, 6.07) is 0. The second-order valence-electron chi connectivity index (χ2n) is 8.87. The van der Waals surface area contributed by atoms with Crippen molar-refractivity contribution in [3.63, 3.8) is 0 Å². The Morgan fingerprint density at radius 3 is 1.61 bits per heavy atom. The number of nitrogens with two attached hydrogens (primary N) is 2. The van der Waals surface area contributed by atoms with E-state index in [2.05, 4.69) is 9.58 Å². The van der Waals surface area contributed by atoms with Crippen molar-refractivity contribution >= 4 is 23.0 Å². The Bertz CT molecular complexity index is 1090. The Labute approximate surface area is 180 Å². The van der Waals surface area contributed by atoms with Crippen molar-refractivity contribution in [3.05, 3.63) is 20.7 Å². The third-order valence-corrected chi connectivity index (χ3v) is 6.83. The molecule has 0 spiro atoms. The smallest absolute Gasteiger partial charge is 0.292 e. The highest BCUT2D eigenvalue weighted by molar-refractivity contribution is 5.64. The third kappa shape index (κ3) is 3.22. The van der Waals surface area contributed by atoms with Gasteiger partial charge in [-0.25, -0.2) is 9.36 Å². The van der Waals surface area contributed by atoms with E-state index < -0.39 is 0 Å². The van der Waals surface area contributed by atoms with E-state index in [1.165, 1.54) is 12.8 Å². The van der Waals surface area contributed by atoms with Crippen LogP contribution in [0.15, 0.2) is 9.59 Å². The van der Waals surface area contributed by atoms with Crippen molar-refractivity contribution < 1.29 is 5.11 Å². The number of rotatable bonds is 2. The largest absolute Gasteiger partial charge is 0.391 e. The summed E-state index contributed by atoms with van der Waals surface area (Å²) in [5.74, 6) is 1.77. The highest BCUT2D eigenvalue weighted by Gasteiger charge is 2.30. The molecule has 31 heavy (non-hydrogen) atoms. The fourth-order valence-electron chi connectivity index (χ4n) is 5.36. The number of nitrogen functional groups attached to an aromatic ring is 2. The summed E-state index contributed by atoms with van der Waals surface area (Å²) in [7, 11) is 0. The molecule has 1 unspecified atom stereocenters. The Morgan fingerprint density at radius 1 is 0.645 bits per heavy atom. The topological polar surface area (TPSA) is 133 Å². The molecule has 6 rings (SSSR count). The molecule has 4 aliphatic rings. The summed E-state index contributed by atoms with van der Waals surface area (Å²) >= 11 is 0. The highest BCUT2D eigenvalue weighted by Crippen LogP contribution is 2.28. The van der Waals surface area contributed by atoms with E-state index in [0.717, 1.165) is 76.7 Å². The normalized spacial score (nSPS) is 22.0. The average Bonchev–Trinajstić information content (AvgIpc) is 3.56. The van der Waals surface area contributed by atoms with E-state index in [4.69, 9.17) is 11.5 Å². The molecule has 0 saturated carbocycles. The number of hydrogen-bond donors (Lipinski definition) is 3. The summed E-state index contributed by atoms with van der Waals surface area (Å²) in [6.45, 7) is 6.76. The van der Waals surface area contributed by atoms with Gasteiger partial charge in [0.25, 0.3) is 11.1 Å². The van der Waals surface area contributed by atoms with Crippen LogP contribution in [0.4, 0.5) is 23.0 Å². The first-order valence-electron chi connectivity index (χ1n) is 11.3. The molecule has 4 aliphatic heterocycles. The number of β-amino-alcohol motifs (C(OH)–C–C–N with tert-alkyl or cyclic N) is 1. The molecule has 2 fully saturated rings. The summed E-state index contributed by atoms with van der Waals surface area (Å²) < 4.78 is 7.50. The lowest BCUT2D eigenvalue weighted by atomic mass is 10.3. The van der Waals surface area contributed by atoms with E-state index in [1.54, 1.807) is 9.36 Å². The average molecular weight is 433 g/mol. The Hall–Kier alpha value is -2.82. The van der Waals surface area contributed by atoms with Crippen LogP contribution in [-0.2, 0) is 26.2 Å². The fraction of sp³-hybridized carbons (Fsp3) is 0.700. The van der Waals surface area contributed by atoms with Gasteiger partial charge >= 0.3 is 0 Å². The van der Waals surface area contributed by atoms with Crippen LogP contribution in [0.1, 0.15) is 32.1 Å². The standard InChI is InChI=1S/C10H16N4O2.C10H16N4O/c11-8-9(12-5-2-7(15)6-12)13-3-1-4-14(13)10(8)16;11-8-9(12-4-1-2-5-12)13-6-3-7-14(13)10(8)15/h7,15H,1-6,11H2;1-7,11H2. The van der Waals surface area contributed by atoms with E-state index in [0.29, 0.717) is 17.9 Å². The SMILES string of the molecule is Nc1c(N2CCC(O)C2)n2n(c1=O)CCC2.Nc1c(N2CCCC2)n2n(c1=O)CCC2. The van der Waals surface area contributed by atoms with Crippen LogP contribution in [-0.4, -0.2) is 56.1 Å². The molecular formula is C20H32N8O3. The summed E-state index contributed by atoms with van der Waals surface area (Å²) in [6.07, 6.45) is 4.90. The molecule has 0 aliphatic carbocycles. The van der Waals surface area contributed by atoms with Crippen molar-refractivity contribution in [1.82, 2.24) is 18.7 Å². The van der Waals surface area contributed by atoms with Crippen molar-refractivity contribution in [1.29, 1.82) is 0 Å². The molecule has 170 valence electrons. The van der Waals surface area contributed by atoms with Gasteiger partial charge in [-0.1, -0.05) is 0 Å². The van der Waals surface area contributed by atoms with Gasteiger partial charge in [-0.3, -0.25) is 19.0 Å². The first-order chi connectivity index (χ1) is 15.0. The maximum atomic E-state index is 11.8. The van der Waals surface area contributed by atoms with E-state index in [1.807, 2.05) is 9.58 Å². The van der Waals surface area contributed by atoms with Crippen LogP contribution in [0, 0.1) is 0 Å². The Morgan fingerprint density at radius 2 is 1.13 bits per heavy atom. The first-order valence-corrected chi connectivity index (χ1v) is 11.3. The quantitative estimate of drug-likeness (QED) is 0.580. The molecule has 11 nitrogen and oxygen atoms in total. The lowest BCUT2D eigenvalue weighted by Gasteiger charge is -2.19. The first kappa shape index (κ1) is 20.1. The number of aromatic nitrogens is 4. The molecule has 11 heteroatoms. The molecule has 0 aromatic carbocycles. The third-order valence-electron chi connectivity index (χ3n) is 6.83. The van der Waals surface area contributed by atoms with E-state index in [9.17, 15) is 14.7 Å². The van der Waals surface area contributed by atoms with Crippen LogP contribution in [0.3, 0.4) is 0 Å². The number of fused-ring (bicyclic) bond motifs is 2. The van der Waals surface area contributed by atoms with Crippen LogP contribution >= 0.6 is 0 Å². The minimum atomic E-state index is -0.299. The zero-order chi connectivity index (χ0) is 21.7. The maximum absolute atomic E-state index is 11.8. The molecule has 6 heterocycles. The summed E-state index contributed by atoms with van der Waals surface area (Å²) in [4.78, 5) is 27.9. The van der Waals surface area contributed by atoms with Crippen molar-refractivity contribution in [2.45, 2.75) is 64.4 Å². The Kier molecular flexibility index (Phi) is 4.99. The predicted molar refractivity (Wildman–Crippen MR) is 120 cm³/mol. The van der Waals surface area contributed by atoms with Crippen LogP contribution in [0.25, 0.3) is 0 Å². The van der Waals surface area contributed by atoms with E-state index in [-0.39, 0.29) is 17.2 Å². The number of anilines is 4. The van der Waals surface area contributed by atoms with Gasteiger partial charge in [-0.15, -0.1) is 0 Å². The zero-order valence-corrected chi connectivity index (χ0v) is 17.9. The molecule has 1 atom stereocenters. The minimum absolute atomic E-state index is 0.00519. The van der Waals surface area contributed by atoms with Gasteiger partial charge in [0.15, 0.2) is 11.6 Å². The molecular weight excluding hydrogens is 400 g/mol. The van der Waals surface area contributed by atoms with Crippen LogP contribution < -0.4 is 32.4 Å². The lowest BCUT2D eigenvalue weighted by molar-refractivity contribution is 0.198. The Balaban J connectivity index is 0.000000132. The number of aliphatic hydroxyl groups excluding tert-OH is 1. The zero-order valence-electron chi connectivity index (χ0n) is 17.9. The number of nitrogens with zero attached hydrogens (tertiary/aromatic N) is 6. The molecule has 2 saturated heterocycles. The van der Waals surface area contributed by atoms with Gasteiger partial charge < -0.3 is 26.4 Å². The van der Waals surface area contributed by atoms with Crippen molar-refractivity contribution in [2.24, 2.45) is 0 Å². The fourth-order valence-corrected chi connectivity index (χ4v) is 5.36. The van der Waals surface area contributed by atoms with Gasteiger partial charge in [-0.2, -0.15) is 0 Å². The van der Waals surface area contributed by atoms with Crippen LogP contribution in [0.5, 0.6) is 0 Å². The molecule has 2 aromatic rings. The lowest BCUT2D eigenvalue weighted by Crippen LogP contribution is -2.25. The molecule has 0 amide bonds. The monoisotopic (exact) mass is 432 g/mol. The number of hydrogen-bond acceptors (Lipinski definition) is 7. The molecule has 5 N–H and O–H groups in total. The minimum Gasteiger partial charge on any atom is -0.391 e. The number of aliphatic hydroxyl groups is 1. The second kappa shape index (κ2) is 7.70. The second-order valence-corrected chi connectivity index (χ2v) is 8.87. The van der Waals surface area contributed by atoms with E-state index >= 15 is 0 Å². The summed E-state index contributed by atoms with van der Waals surface area (Å²) in [5.41, 5.74) is 12.4. The van der Waals surface area contributed by atoms with Crippen molar-refractivity contribution in [3.8, 4) is 0 Å². The summed E-state index contributed by atoms with van der Waals surface area (Å²) in [5, 5.41) is 9.53. The van der Waals surface area contributed by atoms with Gasteiger partial charge in [0.05, 0.1) is 6.10 Å².